The van der Waals surface area contributed by atoms with Crippen molar-refractivity contribution in [1.82, 2.24) is 10.3 Å². The van der Waals surface area contributed by atoms with Crippen molar-refractivity contribution in [1.29, 1.82) is 0 Å². The van der Waals surface area contributed by atoms with E-state index in [9.17, 15) is 9.59 Å². The number of nitrogen functional groups attached to an aromatic ring is 1. The number of thiophene rings is 1. The van der Waals surface area contributed by atoms with Gasteiger partial charge in [-0.15, -0.1) is 11.3 Å². The van der Waals surface area contributed by atoms with E-state index in [4.69, 9.17) is 19.9 Å². The van der Waals surface area contributed by atoms with Crippen LogP contribution >= 0.6 is 11.3 Å². The molecule has 174 valence electrons. The fraction of sp³-hybridized carbons (Fsp3) is 0.375. The fourth-order valence-electron chi connectivity index (χ4n) is 3.93. The first kappa shape index (κ1) is 22.8. The van der Waals surface area contributed by atoms with E-state index in [-0.39, 0.29) is 30.9 Å². The van der Waals surface area contributed by atoms with Gasteiger partial charge in [0.2, 0.25) is 0 Å². The van der Waals surface area contributed by atoms with Crippen LogP contribution in [0, 0.1) is 0 Å². The van der Waals surface area contributed by atoms with Gasteiger partial charge in [-0.25, -0.2) is 9.78 Å². The minimum atomic E-state index is -0.792. The van der Waals surface area contributed by atoms with Crippen molar-refractivity contribution >= 4 is 39.3 Å². The van der Waals surface area contributed by atoms with Gasteiger partial charge in [0.05, 0.1) is 17.5 Å². The van der Waals surface area contributed by atoms with Crippen LogP contribution in [0.15, 0.2) is 35.8 Å². The normalized spacial score (nSPS) is 14.1. The summed E-state index contributed by atoms with van der Waals surface area (Å²) in [7, 11) is 0. The van der Waals surface area contributed by atoms with E-state index in [1.165, 1.54) is 24.0 Å². The molecular weight excluding hydrogens is 442 g/mol. The molecule has 0 spiro atoms. The highest BCUT2D eigenvalue weighted by Gasteiger charge is 2.18. The lowest BCUT2D eigenvalue weighted by atomic mass is 9.95. The van der Waals surface area contributed by atoms with Crippen LogP contribution in [0.4, 0.5) is 10.6 Å². The van der Waals surface area contributed by atoms with E-state index < -0.39 is 6.16 Å². The van der Waals surface area contributed by atoms with Crippen LogP contribution in [-0.4, -0.2) is 29.7 Å². The van der Waals surface area contributed by atoms with Gasteiger partial charge in [-0.1, -0.05) is 25.3 Å². The van der Waals surface area contributed by atoms with Crippen molar-refractivity contribution in [2.75, 3.05) is 12.3 Å². The Morgan fingerprint density at radius 3 is 2.85 bits per heavy atom. The molecule has 3 aromatic rings. The predicted molar refractivity (Wildman–Crippen MR) is 127 cm³/mol. The number of carbonyl (C=O) groups excluding carboxylic acids is 2. The van der Waals surface area contributed by atoms with Crippen LogP contribution in [0.2, 0.25) is 0 Å². The summed E-state index contributed by atoms with van der Waals surface area (Å²) in [5.41, 5.74) is 7.48. The Kier molecular flexibility index (Phi) is 7.29. The second-order valence-electron chi connectivity index (χ2n) is 7.88. The largest absolute Gasteiger partial charge is 0.513 e. The molecule has 1 saturated carbocycles. The molecule has 1 aromatic carbocycles. The molecule has 2 aromatic heterocycles. The lowest BCUT2D eigenvalue weighted by molar-refractivity contribution is 0.0926. The lowest BCUT2D eigenvalue weighted by Crippen LogP contribution is -2.36. The van der Waals surface area contributed by atoms with Crippen molar-refractivity contribution in [3.63, 3.8) is 0 Å². The zero-order valence-corrected chi connectivity index (χ0v) is 19.3. The lowest BCUT2D eigenvalue weighted by Gasteiger charge is -2.22. The van der Waals surface area contributed by atoms with Gasteiger partial charge in [0.1, 0.15) is 18.2 Å². The summed E-state index contributed by atoms with van der Waals surface area (Å²) in [6, 6.07) is 7.38. The molecule has 3 N–H and O–H groups in total. The van der Waals surface area contributed by atoms with Crippen molar-refractivity contribution in [3.05, 3.63) is 47.0 Å². The van der Waals surface area contributed by atoms with Gasteiger partial charge in [0, 0.05) is 22.6 Å². The number of pyridine rings is 1. The Bertz CT molecular complexity index is 1140. The number of nitrogens with two attached hydrogens (primary N) is 1. The minimum absolute atomic E-state index is 0.0810. The van der Waals surface area contributed by atoms with Gasteiger partial charge >= 0.3 is 6.16 Å². The molecular formula is C24H27N3O5S. The van der Waals surface area contributed by atoms with E-state index in [1.54, 1.807) is 25.1 Å². The van der Waals surface area contributed by atoms with E-state index in [0.717, 1.165) is 31.2 Å². The summed E-state index contributed by atoms with van der Waals surface area (Å²) in [6.07, 6.45) is 6.24. The zero-order valence-electron chi connectivity index (χ0n) is 18.5. The maximum Gasteiger partial charge on any atom is 0.513 e. The number of benzene rings is 1. The Morgan fingerprint density at radius 1 is 1.24 bits per heavy atom. The number of aromatic nitrogens is 1. The molecule has 0 bridgehead atoms. The van der Waals surface area contributed by atoms with Gasteiger partial charge in [-0.05, 0) is 43.3 Å². The average Bonchev–Trinajstić information content (AvgIpc) is 3.26. The number of hydrogen-bond donors (Lipinski definition) is 2. The standard InChI is InChI=1S/C24H27N3O5S/c1-2-30-24(29)32-19-12-26-22(25)20-16(14-33-21(19)20)13-31-18-10-6-7-15(11-18)23(28)27-17-8-4-3-5-9-17/h6-7,10-12,14,17H,2-5,8-9,13H2,1H3,(H2,25,26)(H,27,28). The first-order chi connectivity index (χ1) is 16.0. The quantitative estimate of drug-likeness (QED) is 0.465. The van der Waals surface area contributed by atoms with Crippen LogP contribution in [0.3, 0.4) is 0 Å². The molecule has 4 rings (SSSR count). The molecule has 1 aliphatic rings. The molecule has 1 amide bonds. The molecule has 0 saturated heterocycles. The van der Waals surface area contributed by atoms with Crippen molar-refractivity contribution in [3.8, 4) is 11.5 Å². The van der Waals surface area contributed by atoms with E-state index in [0.29, 0.717) is 27.2 Å². The van der Waals surface area contributed by atoms with Crippen molar-refractivity contribution in [2.45, 2.75) is 51.7 Å². The highest BCUT2D eigenvalue weighted by atomic mass is 32.1. The molecule has 33 heavy (non-hydrogen) atoms. The predicted octanol–water partition coefficient (Wildman–Crippen LogP) is 5.06. The highest BCUT2D eigenvalue weighted by Crippen LogP contribution is 2.37. The van der Waals surface area contributed by atoms with Crippen molar-refractivity contribution in [2.24, 2.45) is 0 Å². The smallest absolute Gasteiger partial charge is 0.489 e. The summed E-state index contributed by atoms with van der Waals surface area (Å²) >= 11 is 1.38. The number of nitrogens with zero attached hydrogens (tertiary/aromatic N) is 1. The van der Waals surface area contributed by atoms with E-state index in [1.807, 2.05) is 11.4 Å². The number of amides is 1. The van der Waals surface area contributed by atoms with Crippen molar-refractivity contribution < 1.29 is 23.8 Å². The van der Waals surface area contributed by atoms with Crippen LogP contribution in [-0.2, 0) is 11.3 Å². The van der Waals surface area contributed by atoms with E-state index >= 15 is 0 Å². The number of anilines is 1. The Labute approximate surface area is 196 Å². The summed E-state index contributed by atoms with van der Waals surface area (Å²) in [4.78, 5) is 28.5. The second kappa shape index (κ2) is 10.5. The van der Waals surface area contributed by atoms with Crippen LogP contribution < -0.4 is 20.5 Å². The molecule has 0 atom stereocenters. The number of ether oxygens (including phenoxy) is 3. The summed E-state index contributed by atoms with van der Waals surface area (Å²) < 4.78 is 16.7. The van der Waals surface area contributed by atoms with Gasteiger partial charge in [-0.3, -0.25) is 4.79 Å². The van der Waals surface area contributed by atoms with Gasteiger partial charge in [0.25, 0.3) is 5.91 Å². The van der Waals surface area contributed by atoms with Gasteiger partial charge in [0.15, 0.2) is 5.75 Å². The topological polar surface area (TPSA) is 113 Å². The Morgan fingerprint density at radius 2 is 2.06 bits per heavy atom. The van der Waals surface area contributed by atoms with Crippen LogP contribution in [0.1, 0.15) is 54.9 Å². The first-order valence-corrected chi connectivity index (χ1v) is 12.0. The number of rotatable bonds is 7. The molecule has 1 aliphatic carbocycles. The molecule has 0 unspecified atom stereocenters. The van der Waals surface area contributed by atoms with Crippen LogP contribution in [0.25, 0.3) is 10.1 Å². The summed E-state index contributed by atoms with van der Waals surface area (Å²) in [6.45, 7) is 2.14. The number of carbonyl (C=O) groups is 2. The summed E-state index contributed by atoms with van der Waals surface area (Å²) in [5.74, 6) is 1.11. The number of fused-ring (bicyclic) bond motifs is 1. The summed E-state index contributed by atoms with van der Waals surface area (Å²) in [5, 5.41) is 5.69. The maximum absolute atomic E-state index is 12.6. The third-order valence-corrected chi connectivity index (χ3v) is 6.60. The Balaban J connectivity index is 1.46. The molecule has 0 radical (unpaired) electrons. The number of hydrogen-bond acceptors (Lipinski definition) is 8. The highest BCUT2D eigenvalue weighted by molar-refractivity contribution is 7.17. The number of nitrogens with one attached hydrogen (secondary N) is 1. The minimum Gasteiger partial charge on any atom is -0.489 e. The average molecular weight is 470 g/mol. The third-order valence-electron chi connectivity index (χ3n) is 5.55. The van der Waals surface area contributed by atoms with Crippen LogP contribution in [0.5, 0.6) is 11.5 Å². The van der Waals surface area contributed by atoms with Gasteiger partial charge < -0.3 is 25.3 Å². The molecule has 8 nitrogen and oxygen atoms in total. The monoisotopic (exact) mass is 469 g/mol. The molecule has 9 heteroatoms. The molecule has 2 heterocycles. The Hall–Kier alpha value is -3.33. The van der Waals surface area contributed by atoms with Gasteiger partial charge in [-0.2, -0.15) is 0 Å². The zero-order chi connectivity index (χ0) is 23.2. The molecule has 1 fully saturated rings. The maximum atomic E-state index is 12.6. The fourth-order valence-corrected chi connectivity index (χ4v) is 4.94. The SMILES string of the molecule is CCOC(=O)Oc1cnc(N)c2c(COc3cccc(C(=O)NC4CCCCC4)c3)csc12. The first-order valence-electron chi connectivity index (χ1n) is 11.1. The molecule has 0 aliphatic heterocycles. The third kappa shape index (κ3) is 5.54. The van der Waals surface area contributed by atoms with E-state index in [2.05, 4.69) is 10.3 Å². The second-order valence-corrected chi connectivity index (χ2v) is 8.76.